The third-order valence-electron chi connectivity index (χ3n) is 5.35. The topological polar surface area (TPSA) is 94.9 Å². The van der Waals surface area contributed by atoms with Crippen molar-refractivity contribution < 1.29 is 39.7 Å². The number of hydrogen-bond donors (Lipinski definition) is 0. The van der Waals surface area contributed by atoms with Gasteiger partial charge < -0.3 is 8.92 Å². The van der Waals surface area contributed by atoms with E-state index in [9.17, 15) is 35.6 Å². The lowest BCUT2D eigenvalue weighted by molar-refractivity contribution is -0.0500. The van der Waals surface area contributed by atoms with Gasteiger partial charge in [-0.2, -0.15) is 21.6 Å². The van der Waals surface area contributed by atoms with Gasteiger partial charge in [0.1, 0.15) is 23.0 Å². The summed E-state index contributed by atoms with van der Waals surface area (Å²) in [7, 11) is -4.69. The molecule has 0 saturated carbocycles. The van der Waals surface area contributed by atoms with E-state index in [1.165, 1.54) is 23.7 Å². The molecule has 0 atom stereocenters. The van der Waals surface area contributed by atoms with E-state index < -0.39 is 44.4 Å². The summed E-state index contributed by atoms with van der Waals surface area (Å²) in [6.07, 6.45) is -0.858. The molecule has 212 valence electrons. The van der Waals surface area contributed by atoms with Crippen LogP contribution in [0.2, 0.25) is 0 Å². The average molecular weight is 573 g/mol. The van der Waals surface area contributed by atoms with Crippen molar-refractivity contribution in [2.45, 2.75) is 52.3 Å². The summed E-state index contributed by atoms with van der Waals surface area (Å²) in [6.45, 7) is 8.68. The normalized spacial score (nSPS) is 12.6. The zero-order valence-electron chi connectivity index (χ0n) is 22.1. The van der Waals surface area contributed by atoms with Gasteiger partial charge in [-0.15, -0.1) is 0 Å². The molecule has 39 heavy (non-hydrogen) atoms. The number of alkyl halides is 3. The number of benzene rings is 2. The highest BCUT2D eigenvalue weighted by Gasteiger charge is 2.48. The molecule has 2 aromatic carbocycles. The third-order valence-corrected chi connectivity index (χ3v) is 6.33. The van der Waals surface area contributed by atoms with E-state index in [0.29, 0.717) is 0 Å². The predicted octanol–water partition coefficient (Wildman–Crippen LogP) is 6.06. The summed E-state index contributed by atoms with van der Waals surface area (Å²) in [4.78, 5) is 27.9. The van der Waals surface area contributed by atoms with Gasteiger partial charge in [0.15, 0.2) is 0 Å². The Labute approximate surface area is 222 Å². The minimum absolute atomic E-state index is 0.0204. The first-order valence-electron chi connectivity index (χ1n) is 11.8. The molecule has 1 amide bonds. The number of carbonyl (C=O) groups is 1. The van der Waals surface area contributed by atoms with E-state index in [1.54, 1.807) is 20.8 Å². The van der Waals surface area contributed by atoms with Crippen molar-refractivity contribution in [2.24, 2.45) is 5.92 Å². The van der Waals surface area contributed by atoms with Gasteiger partial charge in [-0.3, -0.25) is 14.3 Å². The minimum atomic E-state index is -6.03. The van der Waals surface area contributed by atoms with Gasteiger partial charge in [-0.05, 0) is 62.6 Å². The quantitative estimate of drug-likeness (QED) is 0.202. The van der Waals surface area contributed by atoms with Gasteiger partial charge in [0.2, 0.25) is 0 Å². The maximum Gasteiger partial charge on any atom is 0.534 e. The molecule has 1 heterocycles. The molecule has 0 N–H and O–H groups in total. The molecule has 1 aromatic heterocycles. The summed E-state index contributed by atoms with van der Waals surface area (Å²) in [5.41, 5.74) is -6.99. The Morgan fingerprint density at radius 1 is 1.05 bits per heavy atom. The van der Waals surface area contributed by atoms with Crippen LogP contribution in [0.25, 0.3) is 21.9 Å². The smallest absolute Gasteiger partial charge is 0.443 e. The SMILES string of the molecule is CC(C)Cn1c(N(C)C(=O)OC(C)(C)C)c(-c2cccc(F)c2)c2cc(OS(=O)(=O)C(F)(F)F)ccc2c1=O. The molecule has 0 spiro atoms. The Morgan fingerprint density at radius 3 is 2.23 bits per heavy atom. The predicted molar refractivity (Wildman–Crippen MR) is 139 cm³/mol. The molecule has 3 aromatic rings. The number of pyridine rings is 1. The van der Waals surface area contributed by atoms with Gasteiger partial charge in [-0.25, -0.2) is 9.18 Å². The van der Waals surface area contributed by atoms with Crippen molar-refractivity contribution >= 4 is 32.8 Å². The Kier molecular flexibility index (Phi) is 8.07. The number of carbonyl (C=O) groups excluding carboxylic acids is 1. The van der Waals surface area contributed by atoms with Crippen LogP contribution in [0.15, 0.2) is 47.3 Å². The largest absolute Gasteiger partial charge is 0.534 e. The van der Waals surface area contributed by atoms with Crippen molar-refractivity contribution in [1.82, 2.24) is 4.57 Å². The van der Waals surface area contributed by atoms with Crippen molar-refractivity contribution in [3.8, 4) is 16.9 Å². The van der Waals surface area contributed by atoms with E-state index in [2.05, 4.69) is 4.18 Å². The molecule has 0 saturated heterocycles. The van der Waals surface area contributed by atoms with Crippen LogP contribution in [-0.2, 0) is 21.4 Å². The summed E-state index contributed by atoms with van der Waals surface area (Å²) < 4.78 is 87.7. The standard InChI is InChI=1S/C26H28F4N2O6S/c1-15(2)14-32-22(31(6)24(34)37-25(3,4)5)21(16-8-7-9-17(27)12-16)20-13-18(10-11-19(20)23(32)33)38-39(35,36)26(28,29)30/h7-13,15H,14H2,1-6H3. The average Bonchev–Trinajstić information content (AvgIpc) is 2.77. The van der Waals surface area contributed by atoms with Gasteiger partial charge >= 0.3 is 21.7 Å². The van der Waals surface area contributed by atoms with Crippen molar-refractivity contribution in [2.75, 3.05) is 11.9 Å². The summed E-state index contributed by atoms with van der Waals surface area (Å²) in [6, 6.07) is 8.11. The monoisotopic (exact) mass is 572 g/mol. The fraction of sp³-hybridized carbons (Fsp3) is 0.385. The molecule has 0 aliphatic carbocycles. The van der Waals surface area contributed by atoms with Gasteiger partial charge in [0.25, 0.3) is 5.56 Å². The van der Waals surface area contributed by atoms with Crippen LogP contribution in [0.5, 0.6) is 5.75 Å². The van der Waals surface area contributed by atoms with Crippen LogP contribution in [0.3, 0.4) is 0 Å². The number of nitrogens with zero attached hydrogens (tertiary/aromatic N) is 2. The molecule has 8 nitrogen and oxygen atoms in total. The second kappa shape index (κ2) is 10.5. The maximum absolute atomic E-state index is 14.4. The number of amides is 1. The molecule has 0 aliphatic heterocycles. The van der Waals surface area contributed by atoms with Crippen molar-refractivity contribution in [3.63, 3.8) is 0 Å². The van der Waals surface area contributed by atoms with Crippen LogP contribution >= 0.6 is 0 Å². The van der Waals surface area contributed by atoms with Crippen LogP contribution < -0.4 is 14.6 Å². The minimum Gasteiger partial charge on any atom is -0.443 e. The highest BCUT2D eigenvalue weighted by Crippen LogP contribution is 2.39. The van der Waals surface area contributed by atoms with Crippen LogP contribution in [-0.4, -0.2) is 37.2 Å². The molecule has 0 bridgehead atoms. The lowest BCUT2D eigenvalue weighted by Crippen LogP contribution is -2.38. The number of anilines is 1. The lowest BCUT2D eigenvalue weighted by atomic mass is 9.98. The molecule has 3 rings (SSSR count). The van der Waals surface area contributed by atoms with Gasteiger partial charge in [-0.1, -0.05) is 26.0 Å². The highest BCUT2D eigenvalue weighted by molar-refractivity contribution is 7.88. The highest BCUT2D eigenvalue weighted by atomic mass is 32.2. The van der Waals surface area contributed by atoms with E-state index in [1.807, 2.05) is 13.8 Å². The number of aromatic nitrogens is 1. The first kappa shape index (κ1) is 29.9. The van der Waals surface area contributed by atoms with Crippen LogP contribution in [0.1, 0.15) is 34.6 Å². The molecule has 0 unspecified atom stereocenters. The zero-order chi connectivity index (χ0) is 29.5. The Bertz CT molecular complexity index is 1570. The number of hydrogen-bond acceptors (Lipinski definition) is 6. The molecular weight excluding hydrogens is 544 g/mol. The maximum atomic E-state index is 14.4. The number of halogens is 4. The van der Waals surface area contributed by atoms with Crippen LogP contribution in [0, 0.1) is 11.7 Å². The number of fused-ring (bicyclic) bond motifs is 1. The fourth-order valence-electron chi connectivity index (χ4n) is 3.87. The van der Waals surface area contributed by atoms with E-state index in [-0.39, 0.29) is 40.2 Å². The van der Waals surface area contributed by atoms with Gasteiger partial charge in [0.05, 0.1) is 0 Å². The second-order valence-electron chi connectivity index (χ2n) is 10.2. The van der Waals surface area contributed by atoms with E-state index >= 15 is 0 Å². The molecular formula is C26H28F4N2O6S. The molecule has 0 fully saturated rings. The van der Waals surface area contributed by atoms with Gasteiger partial charge in [0, 0.05) is 29.9 Å². The lowest BCUT2D eigenvalue weighted by Gasteiger charge is -2.29. The summed E-state index contributed by atoms with van der Waals surface area (Å²) in [5, 5.41) is -0.0844. The van der Waals surface area contributed by atoms with Crippen LogP contribution in [0.4, 0.5) is 28.2 Å². The summed E-state index contributed by atoms with van der Waals surface area (Å²) >= 11 is 0. The Hall–Kier alpha value is -3.61. The van der Waals surface area contributed by atoms with E-state index in [4.69, 9.17) is 4.74 Å². The Balaban J connectivity index is 2.47. The van der Waals surface area contributed by atoms with Crippen molar-refractivity contribution in [1.29, 1.82) is 0 Å². The first-order valence-corrected chi connectivity index (χ1v) is 13.2. The van der Waals surface area contributed by atoms with Crippen molar-refractivity contribution in [3.05, 3.63) is 58.6 Å². The third kappa shape index (κ3) is 6.52. The zero-order valence-corrected chi connectivity index (χ0v) is 22.9. The van der Waals surface area contributed by atoms with E-state index in [0.717, 1.165) is 35.2 Å². The first-order chi connectivity index (χ1) is 17.8. The number of rotatable bonds is 6. The summed E-state index contributed by atoms with van der Waals surface area (Å²) in [5.74, 6) is -1.53. The second-order valence-corrected chi connectivity index (χ2v) is 11.8. The molecule has 0 aliphatic rings. The fourth-order valence-corrected chi connectivity index (χ4v) is 4.32. The molecule has 13 heteroatoms. The number of ether oxygens (including phenoxy) is 1. The Morgan fingerprint density at radius 2 is 1.69 bits per heavy atom. The molecule has 0 radical (unpaired) electrons.